The first-order chi connectivity index (χ1) is 11.2. The summed E-state index contributed by atoms with van der Waals surface area (Å²) in [6.45, 7) is -0.192. The molecule has 2 unspecified atom stereocenters. The lowest BCUT2D eigenvalue weighted by atomic mass is 10.1. The quantitative estimate of drug-likeness (QED) is 0.866. The highest BCUT2D eigenvalue weighted by Crippen LogP contribution is 2.48. The molecule has 1 aromatic carbocycles. The fourth-order valence-corrected chi connectivity index (χ4v) is 2.78. The van der Waals surface area contributed by atoms with E-state index in [2.05, 4.69) is 5.10 Å². The van der Waals surface area contributed by atoms with Crippen molar-refractivity contribution >= 4 is 0 Å². The second kappa shape index (κ2) is 5.73. The van der Waals surface area contributed by atoms with Crippen LogP contribution < -0.4 is 4.74 Å². The zero-order valence-corrected chi connectivity index (χ0v) is 12.4. The number of halogens is 5. The molecular formula is C15H13F5N2O2. The molecule has 0 aliphatic heterocycles. The lowest BCUT2D eigenvalue weighted by Gasteiger charge is -2.12. The van der Waals surface area contributed by atoms with E-state index in [0.29, 0.717) is 11.3 Å². The minimum Gasteiger partial charge on any atom is -0.497 e. The van der Waals surface area contributed by atoms with E-state index >= 15 is 0 Å². The van der Waals surface area contributed by atoms with Crippen molar-refractivity contribution in [2.24, 2.45) is 0 Å². The number of methoxy groups -OCH3 is 1. The fourth-order valence-electron chi connectivity index (χ4n) is 2.78. The smallest absolute Gasteiger partial charge is 0.435 e. The molecule has 2 aromatic rings. The Morgan fingerprint density at radius 2 is 1.83 bits per heavy atom. The van der Waals surface area contributed by atoms with E-state index in [1.807, 2.05) is 0 Å². The van der Waals surface area contributed by atoms with Crippen LogP contribution in [0, 0.1) is 0 Å². The molecule has 0 saturated heterocycles. The van der Waals surface area contributed by atoms with E-state index in [1.54, 1.807) is 24.3 Å². The molecule has 1 heterocycles. The maximum Gasteiger partial charge on any atom is 0.435 e. The average Bonchev–Trinajstić information content (AvgIpc) is 3.01. The van der Waals surface area contributed by atoms with Crippen LogP contribution in [0.2, 0.25) is 0 Å². The lowest BCUT2D eigenvalue weighted by Crippen LogP contribution is -2.17. The second-order valence-corrected chi connectivity index (χ2v) is 5.44. The number of aromatic nitrogens is 2. The zero-order valence-electron chi connectivity index (χ0n) is 12.4. The summed E-state index contributed by atoms with van der Waals surface area (Å²) in [4.78, 5) is 0. The molecule has 4 nitrogen and oxygen atoms in total. The summed E-state index contributed by atoms with van der Waals surface area (Å²) in [5.41, 5.74) is -2.32. The molecule has 1 aromatic heterocycles. The first-order valence-corrected chi connectivity index (χ1v) is 7.01. The van der Waals surface area contributed by atoms with Gasteiger partial charge in [-0.1, -0.05) is 12.1 Å². The summed E-state index contributed by atoms with van der Waals surface area (Å²) in [6.07, 6.45) is -11.9. The molecule has 0 saturated carbocycles. The Balaban J connectivity index is 2.04. The Hall–Kier alpha value is -2.16. The lowest BCUT2D eigenvalue weighted by molar-refractivity contribution is -0.143. The third kappa shape index (κ3) is 2.62. The number of hydrogen-bond donors (Lipinski definition) is 1. The Morgan fingerprint density at radius 1 is 1.21 bits per heavy atom. The molecule has 0 spiro atoms. The summed E-state index contributed by atoms with van der Waals surface area (Å²) in [5, 5.41) is 13.0. The van der Waals surface area contributed by atoms with Crippen molar-refractivity contribution < 1.29 is 31.8 Å². The Kier molecular flexibility index (Phi) is 3.98. The summed E-state index contributed by atoms with van der Waals surface area (Å²) in [7, 11) is 1.46. The zero-order chi connectivity index (χ0) is 17.6. The minimum atomic E-state index is -4.92. The van der Waals surface area contributed by atoms with Crippen LogP contribution in [0.1, 0.15) is 34.8 Å². The third-order valence-electron chi connectivity index (χ3n) is 3.93. The van der Waals surface area contributed by atoms with Gasteiger partial charge in [0.1, 0.15) is 11.9 Å². The van der Waals surface area contributed by atoms with Crippen LogP contribution in [0.5, 0.6) is 5.75 Å². The summed E-state index contributed by atoms with van der Waals surface area (Å²) in [5.74, 6) is 0.544. The fraction of sp³-hybridized carbons (Fsp3) is 0.400. The Morgan fingerprint density at radius 3 is 2.38 bits per heavy atom. The predicted octanol–water partition coefficient (Wildman–Crippen LogP) is 3.35. The number of alkyl halides is 5. The van der Waals surface area contributed by atoms with Crippen LogP contribution in [-0.2, 0) is 12.7 Å². The van der Waals surface area contributed by atoms with Gasteiger partial charge < -0.3 is 9.84 Å². The molecule has 9 heteroatoms. The van der Waals surface area contributed by atoms with E-state index in [1.165, 1.54) is 7.11 Å². The van der Waals surface area contributed by atoms with E-state index in [4.69, 9.17) is 4.74 Å². The number of ether oxygens (including phenoxy) is 1. The largest absolute Gasteiger partial charge is 0.497 e. The van der Waals surface area contributed by atoms with Gasteiger partial charge in [-0.15, -0.1) is 0 Å². The van der Waals surface area contributed by atoms with Gasteiger partial charge >= 0.3 is 6.18 Å². The maximum absolute atomic E-state index is 14.1. The van der Waals surface area contributed by atoms with Crippen molar-refractivity contribution in [1.82, 2.24) is 9.78 Å². The molecule has 3 rings (SSSR count). The molecule has 130 valence electrons. The van der Waals surface area contributed by atoms with Gasteiger partial charge in [-0.25, -0.2) is 8.78 Å². The number of hydrogen-bond acceptors (Lipinski definition) is 3. The number of benzene rings is 1. The van der Waals surface area contributed by atoms with Crippen molar-refractivity contribution in [2.45, 2.75) is 31.2 Å². The van der Waals surface area contributed by atoms with Gasteiger partial charge in [-0.3, -0.25) is 4.68 Å². The third-order valence-corrected chi connectivity index (χ3v) is 3.93. The van der Waals surface area contributed by atoms with Crippen molar-refractivity contribution in [3.8, 4) is 5.75 Å². The number of nitrogens with zero attached hydrogens (tertiary/aromatic N) is 2. The van der Waals surface area contributed by atoms with Gasteiger partial charge in [0.05, 0.1) is 19.3 Å². The normalized spacial score (nSPS) is 23.4. The molecule has 0 bridgehead atoms. The van der Waals surface area contributed by atoms with E-state index < -0.39 is 41.6 Å². The van der Waals surface area contributed by atoms with E-state index in [0.717, 1.165) is 4.68 Å². The molecule has 0 fully saturated rings. The second-order valence-electron chi connectivity index (χ2n) is 5.44. The topological polar surface area (TPSA) is 47.3 Å². The van der Waals surface area contributed by atoms with Crippen LogP contribution in [-0.4, -0.2) is 28.2 Å². The highest BCUT2D eigenvalue weighted by atomic mass is 19.4. The molecule has 0 amide bonds. The Labute approximate surface area is 133 Å². The minimum absolute atomic E-state index is 0.192. The van der Waals surface area contributed by atoms with Gasteiger partial charge in [0.2, 0.25) is 0 Å². The van der Waals surface area contributed by atoms with Crippen molar-refractivity contribution in [3.05, 3.63) is 46.8 Å². The van der Waals surface area contributed by atoms with Crippen LogP contribution in [0.25, 0.3) is 0 Å². The van der Waals surface area contributed by atoms with E-state index in [-0.39, 0.29) is 6.54 Å². The maximum atomic E-state index is 14.1. The summed E-state index contributed by atoms with van der Waals surface area (Å²) >= 11 is 0. The summed E-state index contributed by atoms with van der Waals surface area (Å²) < 4.78 is 72.7. The van der Waals surface area contributed by atoms with Crippen LogP contribution in [0.4, 0.5) is 22.0 Å². The standard InChI is InChI=1S/C15H13F5N2O2/c1-24-8-4-2-7(3-5-8)6-22-12-9(13(23)11(17)10(12)16)14(21-22)15(18,19)20/h2-5,10-11,13,23H,6H2,1H3/t10?,11?,13-/m1/s1. The first kappa shape index (κ1) is 16.7. The number of aliphatic hydroxyl groups is 1. The van der Waals surface area contributed by atoms with Gasteiger partial charge in [-0.2, -0.15) is 18.3 Å². The van der Waals surface area contributed by atoms with Crippen molar-refractivity contribution in [2.75, 3.05) is 7.11 Å². The number of aliphatic hydroxyl groups excluding tert-OH is 1. The van der Waals surface area contributed by atoms with Gasteiger partial charge in [-0.05, 0) is 17.7 Å². The van der Waals surface area contributed by atoms with Crippen molar-refractivity contribution in [1.29, 1.82) is 0 Å². The number of fused-ring (bicyclic) bond motifs is 1. The number of rotatable bonds is 3. The molecule has 1 N–H and O–H groups in total. The van der Waals surface area contributed by atoms with Crippen LogP contribution >= 0.6 is 0 Å². The monoisotopic (exact) mass is 348 g/mol. The Bertz CT molecular complexity index is 742. The molecule has 1 aliphatic carbocycles. The van der Waals surface area contributed by atoms with E-state index in [9.17, 15) is 27.1 Å². The molecular weight excluding hydrogens is 335 g/mol. The first-order valence-electron chi connectivity index (χ1n) is 7.01. The SMILES string of the molecule is COc1ccc(Cn2nc(C(F)(F)F)c3c2C(F)C(F)[C@@H]3O)cc1. The highest BCUT2D eigenvalue weighted by Gasteiger charge is 2.51. The van der Waals surface area contributed by atoms with Gasteiger partial charge in [0, 0.05) is 5.56 Å². The molecule has 24 heavy (non-hydrogen) atoms. The molecule has 3 atom stereocenters. The molecule has 1 aliphatic rings. The van der Waals surface area contributed by atoms with Crippen LogP contribution in [0.3, 0.4) is 0 Å². The van der Waals surface area contributed by atoms with Crippen LogP contribution in [0.15, 0.2) is 24.3 Å². The predicted molar refractivity (Wildman–Crippen MR) is 73.0 cm³/mol. The summed E-state index contributed by atoms with van der Waals surface area (Å²) in [6, 6.07) is 6.32. The average molecular weight is 348 g/mol. The van der Waals surface area contributed by atoms with Gasteiger partial charge in [0.15, 0.2) is 18.0 Å². The molecule has 0 radical (unpaired) electrons. The van der Waals surface area contributed by atoms with Crippen molar-refractivity contribution in [3.63, 3.8) is 0 Å². The van der Waals surface area contributed by atoms with Gasteiger partial charge in [0.25, 0.3) is 0 Å². The highest BCUT2D eigenvalue weighted by molar-refractivity contribution is 5.39.